The summed E-state index contributed by atoms with van der Waals surface area (Å²) < 4.78 is 5.47. The van der Waals surface area contributed by atoms with Gasteiger partial charge in [-0.15, -0.1) is 0 Å². The van der Waals surface area contributed by atoms with Crippen LogP contribution < -0.4 is 0 Å². The maximum atomic E-state index is 5.47. The summed E-state index contributed by atoms with van der Waals surface area (Å²) in [5.74, 6) is 0. The second-order valence-electron chi connectivity index (χ2n) is 3.37. The number of hydrogen-bond donors (Lipinski definition) is 0. The Morgan fingerprint density at radius 1 is 0.818 bits per heavy atom. The molecule has 64 valence electrons. The largest absolute Gasteiger partial charge is 0.247 e. The van der Waals surface area contributed by atoms with E-state index in [1.165, 1.54) is 38.5 Å². The van der Waals surface area contributed by atoms with Crippen molar-refractivity contribution < 1.29 is 3.63 Å². The predicted octanol–water partition coefficient (Wildman–Crippen LogP) is 3.40. The molecule has 2 rings (SSSR count). The van der Waals surface area contributed by atoms with Crippen molar-refractivity contribution in [3.8, 4) is 0 Å². The van der Waals surface area contributed by atoms with E-state index in [0.717, 1.165) is 10.5 Å². The van der Waals surface area contributed by atoms with Gasteiger partial charge in [-0.2, -0.15) is 0 Å². The van der Waals surface area contributed by atoms with Crippen molar-refractivity contribution in [1.82, 2.24) is 0 Å². The lowest BCUT2D eigenvalue weighted by atomic mass is 10.0. The minimum Gasteiger partial charge on any atom is -0.247 e. The first-order chi connectivity index (χ1) is 5.45. The van der Waals surface area contributed by atoms with Gasteiger partial charge in [0.1, 0.15) is 0 Å². The molecular weight excluding hydrogens is 176 g/mol. The van der Waals surface area contributed by atoms with Crippen LogP contribution >= 0.6 is 24.1 Å². The maximum absolute atomic E-state index is 5.47. The summed E-state index contributed by atoms with van der Waals surface area (Å²) in [5.41, 5.74) is 0. The third-order valence-corrected chi connectivity index (χ3v) is 4.57. The molecule has 0 aromatic carbocycles. The lowest BCUT2D eigenvalue weighted by Crippen LogP contribution is -2.15. The van der Waals surface area contributed by atoms with E-state index in [-0.39, 0.29) is 0 Å². The Morgan fingerprint density at radius 3 is 1.55 bits per heavy atom. The SMILES string of the molecule is C1CC(SOSC2CCC2)C1. The molecule has 0 N–H and O–H groups in total. The molecular formula is C8H14OS2. The first-order valence-electron chi connectivity index (χ1n) is 4.44. The van der Waals surface area contributed by atoms with Crippen molar-refractivity contribution in [3.05, 3.63) is 0 Å². The van der Waals surface area contributed by atoms with Gasteiger partial charge in [0.25, 0.3) is 0 Å². The molecule has 2 fully saturated rings. The summed E-state index contributed by atoms with van der Waals surface area (Å²) in [6.45, 7) is 0. The normalized spacial score (nSPS) is 26.2. The monoisotopic (exact) mass is 190 g/mol. The standard InChI is InChI=1S/C8H14OS2/c1-3-7(4-1)10-9-11-8-5-2-6-8/h7-8H,1-6H2. The van der Waals surface area contributed by atoms with E-state index in [0.29, 0.717) is 0 Å². The zero-order valence-corrected chi connectivity index (χ0v) is 8.26. The molecule has 2 saturated carbocycles. The maximum Gasteiger partial charge on any atom is 0.0324 e. The van der Waals surface area contributed by atoms with Crippen LogP contribution in [0.3, 0.4) is 0 Å². The molecule has 0 aromatic heterocycles. The quantitative estimate of drug-likeness (QED) is 0.629. The van der Waals surface area contributed by atoms with Crippen molar-refractivity contribution in [3.63, 3.8) is 0 Å². The van der Waals surface area contributed by atoms with Crippen LogP contribution in [-0.4, -0.2) is 10.5 Å². The molecule has 2 aliphatic rings. The minimum atomic E-state index is 0.822. The topological polar surface area (TPSA) is 9.23 Å². The van der Waals surface area contributed by atoms with Crippen LogP contribution in [0.15, 0.2) is 0 Å². The highest BCUT2D eigenvalue weighted by atomic mass is 32.2. The van der Waals surface area contributed by atoms with Crippen LogP contribution in [0.4, 0.5) is 0 Å². The molecule has 0 unspecified atom stereocenters. The Balaban J connectivity index is 1.46. The van der Waals surface area contributed by atoms with Gasteiger partial charge in [0.2, 0.25) is 0 Å². The van der Waals surface area contributed by atoms with Gasteiger partial charge in [0, 0.05) is 34.6 Å². The van der Waals surface area contributed by atoms with Gasteiger partial charge in [0.15, 0.2) is 0 Å². The second-order valence-corrected chi connectivity index (χ2v) is 5.63. The molecule has 0 amide bonds. The van der Waals surface area contributed by atoms with E-state index in [1.54, 1.807) is 24.1 Å². The average molecular weight is 190 g/mol. The fourth-order valence-electron chi connectivity index (χ4n) is 1.07. The highest BCUT2D eigenvalue weighted by Crippen LogP contribution is 2.39. The second kappa shape index (κ2) is 4.06. The Kier molecular flexibility index (Phi) is 3.05. The van der Waals surface area contributed by atoms with Crippen LogP contribution in [0, 0.1) is 0 Å². The highest BCUT2D eigenvalue weighted by molar-refractivity contribution is 8.08. The van der Waals surface area contributed by atoms with E-state index in [1.807, 2.05) is 0 Å². The van der Waals surface area contributed by atoms with Crippen LogP contribution in [0.25, 0.3) is 0 Å². The van der Waals surface area contributed by atoms with Crippen LogP contribution in [0.5, 0.6) is 0 Å². The molecule has 0 aliphatic heterocycles. The Bertz CT molecular complexity index is 107. The van der Waals surface area contributed by atoms with E-state index < -0.39 is 0 Å². The summed E-state index contributed by atoms with van der Waals surface area (Å²) in [7, 11) is 0. The van der Waals surface area contributed by atoms with Gasteiger partial charge in [-0.05, 0) is 25.7 Å². The van der Waals surface area contributed by atoms with Crippen molar-refractivity contribution in [1.29, 1.82) is 0 Å². The fraction of sp³-hybridized carbons (Fsp3) is 1.00. The summed E-state index contributed by atoms with van der Waals surface area (Å²) in [6, 6.07) is 0. The smallest absolute Gasteiger partial charge is 0.0324 e. The summed E-state index contributed by atoms with van der Waals surface area (Å²) >= 11 is 3.41. The van der Waals surface area contributed by atoms with Gasteiger partial charge in [-0.3, -0.25) is 0 Å². The molecule has 11 heavy (non-hydrogen) atoms. The van der Waals surface area contributed by atoms with Crippen LogP contribution in [0.2, 0.25) is 0 Å². The lowest BCUT2D eigenvalue weighted by Gasteiger charge is -2.26. The number of hydrogen-bond acceptors (Lipinski definition) is 3. The molecule has 1 nitrogen and oxygen atoms in total. The van der Waals surface area contributed by atoms with Gasteiger partial charge in [-0.25, -0.2) is 3.63 Å². The van der Waals surface area contributed by atoms with Crippen molar-refractivity contribution in [2.75, 3.05) is 0 Å². The Hall–Kier alpha value is 0.660. The van der Waals surface area contributed by atoms with Gasteiger partial charge in [0.05, 0.1) is 0 Å². The lowest BCUT2D eigenvalue weighted by molar-refractivity contribution is 0.494. The molecule has 0 heterocycles. The summed E-state index contributed by atoms with van der Waals surface area (Å²) in [4.78, 5) is 0. The van der Waals surface area contributed by atoms with Crippen LogP contribution in [0.1, 0.15) is 38.5 Å². The van der Waals surface area contributed by atoms with Crippen LogP contribution in [-0.2, 0) is 3.63 Å². The van der Waals surface area contributed by atoms with E-state index in [2.05, 4.69) is 0 Å². The first-order valence-corrected chi connectivity index (χ1v) is 6.05. The van der Waals surface area contributed by atoms with E-state index >= 15 is 0 Å². The van der Waals surface area contributed by atoms with E-state index in [4.69, 9.17) is 3.63 Å². The van der Waals surface area contributed by atoms with E-state index in [9.17, 15) is 0 Å². The zero-order chi connectivity index (χ0) is 7.52. The summed E-state index contributed by atoms with van der Waals surface area (Å²) in [5, 5.41) is 1.64. The number of rotatable bonds is 4. The third-order valence-electron chi connectivity index (χ3n) is 2.46. The fourth-order valence-corrected chi connectivity index (χ4v) is 3.19. The van der Waals surface area contributed by atoms with Crippen molar-refractivity contribution in [2.45, 2.75) is 49.0 Å². The first kappa shape index (κ1) is 8.27. The molecule has 0 spiro atoms. The molecule has 0 radical (unpaired) electrons. The van der Waals surface area contributed by atoms with Gasteiger partial charge < -0.3 is 0 Å². The molecule has 0 aromatic rings. The van der Waals surface area contributed by atoms with Crippen molar-refractivity contribution >= 4 is 24.1 Å². The Morgan fingerprint density at radius 2 is 1.27 bits per heavy atom. The van der Waals surface area contributed by atoms with Crippen molar-refractivity contribution in [2.24, 2.45) is 0 Å². The predicted molar refractivity (Wildman–Crippen MR) is 51.5 cm³/mol. The van der Waals surface area contributed by atoms with Gasteiger partial charge >= 0.3 is 0 Å². The average Bonchev–Trinajstić information content (AvgIpc) is 1.79. The minimum absolute atomic E-state index is 0.822. The third kappa shape index (κ3) is 2.30. The highest BCUT2D eigenvalue weighted by Gasteiger charge is 2.22. The molecule has 2 aliphatic carbocycles. The Labute approximate surface area is 77.1 Å². The molecule has 0 saturated heterocycles. The molecule has 3 heteroatoms. The molecule has 0 bridgehead atoms. The molecule has 0 atom stereocenters. The van der Waals surface area contributed by atoms with Gasteiger partial charge in [-0.1, -0.05) is 12.8 Å². The zero-order valence-electron chi connectivity index (χ0n) is 6.62. The summed E-state index contributed by atoms with van der Waals surface area (Å²) in [6.07, 6.45) is 8.31.